The van der Waals surface area contributed by atoms with Crippen molar-refractivity contribution in [1.29, 1.82) is 0 Å². The Kier molecular flexibility index (Phi) is 7.59. The van der Waals surface area contributed by atoms with E-state index in [1.165, 1.54) is 23.2 Å². The fourth-order valence-electron chi connectivity index (χ4n) is 5.08. The first-order chi connectivity index (χ1) is 19.7. The number of fused-ring (bicyclic) bond motifs is 1. The van der Waals surface area contributed by atoms with Gasteiger partial charge in [0.05, 0.1) is 23.5 Å². The van der Waals surface area contributed by atoms with Crippen LogP contribution in [0.15, 0.2) is 76.4 Å². The van der Waals surface area contributed by atoms with Crippen LogP contribution in [0.5, 0.6) is 0 Å². The van der Waals surface area contributed by atoms with E-state index in [4.69, 9.17) is 10.8 Å². The maximum absolute atomic E-state index is 13.0. The van der Waals surface area contributed by atoms with Gasteiger partial charge < -0.3 is 10.2 Å². The second kappa shape index (κ2) is 10.9. The molecule has 5 rings (SSSR count). The molecule has 0 radical (unpaired) electrons. The summed E-state index contributed by atoms with van der Waals surface area (Å²) < 4.78 is 62.1. The molecule has 4 heterocycles. The number of nitrogens with two attached hydrogens (primary N) is 1. The van der Waals surface area contributed by atoms with Crippen LogP contribution in [0.25, 0.3) is 0 Å². The average molecular weight is 603 g/mol. The van der Waals surface area contributed by atoms with E-state index in [0.29, 0.717) is 42.2 Å². The molecule has 1 aromatic heterocycles. The number of hydrogen-bond acceptors (Lipinski definition) is 8. The highest BCUT2D eigenvalue weighted by Gasteiger charge is 2.46. The number of hydrogen-bond donors (Lipinski definition) is 2. The van der Waals surface area contributed by atoms with Crippen molar-refractivity contribution in [3.05, 3.63) is 83.1 Å². The molecule has 0 aliphatic carbocycles. The maximum Gasteiger partial charge on any atom is 0.416 e. The van der Waals surface area contributed by atoms with Gasteiger partial charge in [-0.25, -0.2) is 13.4 Å². The van der Waals surface area contributed by atoms with Gasteiger partial charge >= 0.3 is 6.18 Å². The molecule has 11 nitrogen and oxygen atoms in total. The number of allylic oxidation sites excluding steroid dienone is 1. The minimum atomic E-state index is -4.58. The monoisotopic (exact) mass is 602 g/mol. The second-order valence-corrected chi connectivity index (χ2v) is 12.4. The fourth-order valence-corrected chi connectivity index (χ4v) is 5.71. The zero-order valence-electron chi connectivity index (χ0n) is 22.4. The second-order valence-electron chi connectivity index (χ2n) is 10.3. The van der Waals surface area contributed by atoms with Gasteiger partial charge in [-0.3, -0.25) is 14.6 Å². The number of halogens is 3. The van der Waals surface area contributed by atoms with Crippen molar-refractivity contribution in [3.8, 4) is 0 Å². The molecule has 2 amide bonds. The van der Waals surface area contributed by atoms with Crippen molar-refractivity contribution in [3.63, 3.8) is 0 Å². The number of rotatable bonds is 6. The molecule has 0 bridgehead atoms. The molecule has 3 aliphatic rings. The standard InChI is InChI=1S/C27H26F3N7O4S/c1-42(40,41)16-23(38)36-11-2-3-19(15-36)24-21-14-32-10-12-37(21,31)25(35-24)17-4-6-18(7-5-17)26(39)34-22-13-20(8-9-33-22)27(28,29)30/h4-10,12-14,19H,2-3,11,15-16,31H2,1H3/p+1/t19-,37?/m1/s1. The van der Waals surface area contributed by atoms with E-state index in [1.54, 1.807) is 24.5 Å². The van der Waals surface area contributed by atoms with Crippen molar-refractivity contribution in [2.45, 2.75) is 19.0 Å². The van der Waals surface area contributed by atoms with Gasteiger partial charge in [0.15, 0.2) is 9.84 Å². The normalized spacial score (nSPS) is 22.2. The molecule has 2 atom stereocenters. The van der Waals surface area contributed by atoms with Crippen LogP contribution in [-0.4, -0.2) is 71.9 Å². The lowest BCUT2D eigenvalue weighted by Crippen LogP contribution is -2.53. The number of pyridine rings is 1. The number of benzene rings is 1. The van der Waals surface area contributed by atoms with Gasteiger partial charge in [0.25, 0.3) is 11.7 Å². The minimum Gasteiger partial charge on any atom is -0.341 e. The van der Waals surface area contributed by atoms with E-state index >= 15 is 0 Å². The summed E-state index contributed by atoms with van der Waals surface area (Å²) in [4.78, 5) is 39.8. The Balaban J connectivity index is 1.37. The molecular formula is C27H27F3N7O4S+. The molecule has 1 aromatic carbocycles. The van der Waals surface area contributed by atoms with Crippen LogP contribution < -0.4 is 11.2 Å². The SMILES string of the molecule is CS(=O)(=O)CC(=O)N1CCC[C@@H](C2=C3C=NC=C[N+]3(N)C(c3ccc(C(=O)Nc4cc(C(F)(F)F)ccn4)cc3)=N2)C1. The quantitative estimate of drug-likeness (QED) is 0.384. The molecule has 15 heteroatoms. The molecule has 1 fully saturated rings. The predicted octanol–water partition coefficient (Wildman–Crippen LogP) is 2.85. The number of anilines is 1. The summed E-state index contributed by atoms with van der Waals surface area (Å²) in [5.41, 5.74) is 1.07. The molecule has 1 unspecified atom stereocenters. The van der Waals surface area contributed by atoms with Crippen molar-refractivity contribution in [2.24, 2.45) is 21.7 Å². The fraction of sp³-hybridized carbons (Fsp3) is 0.296. The lowest BCUT2D eigenvalue weighted by atomic mass is 9.93. The van der Waals surface area contributed by atoms with Crippen LogP contribution in [0.4, 0.5) is 19.0 Å². The van der Waals surface area contributed by atoms with Crippen molar-refractivity contribution < 1.29 is 35.8 Å². The molecule has 0 spiro atoms. The lowest BCUT2D eigenvalue weighted by Gasteiger charge is -2.32. The number of sulfone groups is 1. The van der Waals surface area contributed by atoms with Gasteiger partial charge in [0.1, 0.15) is 23.5 Å². The number of piperidine rings is 1. The summed E-state index contributed by atoms with van der Waals surface area (Å²) in [6.07, 6.45) is 3.57. The van der Waals surface area contributed by atoms with Gasteiger partial charge in [-0.05, 0) is 49.2 Å². The number of quaternary nitrogens is 1. The van der Waals surface area contributed by atoms with Crippen LogP contribution in [-0.2, 0) is 20.8 Å². The highest BCUT2D eigenvalue weighted by Crippen LogP contribution is 2.37. The molecule has 42 heavy (non-hydrogen) atoms. The first-order valence-corrected chi connectivity index (χ1v) is 14.9. The summed E-state index contributed by atoms with van der Waals surface area (Å²) in [6.45, 7) is 0.727. The summed E-state index contributed by atoms with van der Waals surface area (Å²) in [5, 5.41) is 2.37. The number of aliphatic imine (C=N–C) groups is 2. The first kappa shape index (κ1) is 29.3. The van der Waals surface area contributed by atoms with Crippen molar-refractivity contribution in [1.82, 2.24) is 9.88 Å². The van der Waals surface area contributed by atoms with E-state index in [1.807, 2.05) is 0 Å². The highest BCUT2D eigenvalue weighted by atomic mass is 32.2. The average Bonchev–Trinajstić information content (AvgIpc) is 3.25. The van der Waals surface area contributed by atoms with Crippen LogP contribution in [0.2, 0.25) is 0 Å². The molecule has 3 aliphatic heterocycles. The molecule has 1 saturated heterocycles. The smallest absolute Gasteiger partial charge is 0.341 e. The van der Waals surface area contributed by atoms with Crippen LogP contribution in [0, 0.1) is 5.92 Å². The van der Waals surface area contributed by atoms with Gasteiger partial charge in [-0.15, -0.1) is 4.59 Å². The number of amides is 2. The Morgan fingerprint density at radius 3 is 2.62 bits per heavy atom. The Morgan fingerprint density at radius 1 is 1.19 bits per heavy atom. The molecule has 0 saturated carbocycles. The number of aromatic nitrogens is 1. The third-order valence-electron chi connectivity index (χ3n) is 7.10. The molecule has 2 aromatic rings. The van der Waals surface area contributed by atoms with E-state index in [0.717, 1.165) is 24.6 Å². The van der Waals surface area contributed by atoms with Crippen LogP contribution >= 0.6 is 0 Å². The number of carbonyl (C=O) groups is 2. The number of nitrogens with zero attached hydrogens (tertiary/aromatic N) is 5. The zero-order chi connectivity index (χ0) is 30.3. The number of likely N-dealkylation sites (tertiary alicyclic amines) is 1. The number of alkyl halides is 3. The first-order valence-electron chi connectivity index (χ1n) is 12.9. The Hall–Kier alpha value is -4.21. The maximum atomic E-state index is 13.0. The molecule has 220 valence electrons. The third kappa shape index (κ3) is 6.03. The zero-order valence-corrected chi connectivity index (χ0v) is 23.2. The van der Waals surface area contributed by atoms with Crippen molar-refractivity contribution in [2.75, 3.05) is 30.4 Å². The van der Waals surface area contributed by atoms with Crippen molar-refractivity contribution >= 4 is 39.5 Å². The van der Waals surface area contributed by atoms with Crippen LogP contribution in [0.3, 0.4) is 0 Å². The Labute approximate surface area is 239 Å². The van der Waals surface area contributed by atoms with Gasteiger partial charge in [-0.1, -0.05) is 0 Å². The van der Waals surface area contributed by atoms with Crippen LogP contribution in [0.1, 0.15) is 34.3 Å². The van der Waals surface area contributed by atoms with E-state index in [9.17, 15) is 31.2 Å². The highest BCUT2D eigenvalue weighted by molar-refractivity contribution is 7.91. The molecular weight excluding hydrogens is 575 g/mol. The largest absolute Gasteiger partial charge is 0.416 e. The van der Waals surface area contributed by atoms with E-state index < -0.39 is 39.1 Å². The molecule has 3 N–H and O–H groups in total. The topological polar surface area (TPSA) is 147 Å². The summed E-state index contributed by atoms with van der Waals surface area (Å²) in [7, 11) is -3.48. The van der Waals surface area contributed by atoms with Gasteiger partial charge in [-0.2, -0.15) is 24.0 Å². The number of carbonyl (C=O) groups excluding carboxylic acids is 2. The number of amidine groups is 1. The van der Waals surface area contributed by atoms with E-state index in [-0.39, 0.29) is 28.4 Å². The predicted molar refractivity (Wildman–Crippen MR) is 148 cm³/mol. The van der Waals surface area contributed by atoms with Gasteiger partial charge in [0, 0.05) is 37.0 Å². The third-order valence-corrected chi connectivity index (χ3v) is 7.87. The Morgan fingerprint density at radius 2 is 1.93 bits per heavy atom. The lowest BCUT2D eigenvalue weighted by molar-refractivity contribution is -0.750. The minimum absolute atomic E-state index is 0.177. The Bertz CT molecular complexity index is 1670. The van der Waals surface area contributed by atoms with E-state index in [2.05, 4.69) is 15.3 Å². The number of nitrogens with one attached hydrogen (secondary N) is 1. The summed E-state index contributed by atoms with van der Waals surface area (Å²) >= 11 is 0. The summed E-state index contributed by atoms with van der Waals surface area (Å²) in [6, 6.07) is 7.82. The summed E-state index contributed by atoms with van der Waals surface area (Å²) in [5.74, 6) is 5.11. The van der Waals surface area contributed by atoms with Gasteiger partial charge in [0.2, 0.25) is 11.6 Å².